The van der Waals surface area contributed by atoms with E-state index in [4.69, 9.17) is 0 Å². The highest BCUT2D eigenvalue weighted by atomic mass is 79.9. The minimum absolute atomic E-state index is 0.438. The largest absolute Gasteiger partial charge is 0.307 e. The fourth-order valence-electron chi connectivity index (χ4n) is 4.29. The van der Waals surface area contributed by atoms with Crippen molar-refractivity contribution in [2.75, 3.05) is 0 Å². The first-order valence-electron chi connectivity index (χ1n) is 8.19. The van der Waals surface area contributed by atoms with E-state index >= 15 is 0 Å². The lowest BCUT2D eigenvalue weighted by molar-refractivity contribution is 0.164. The van der Waals surface area contributed by atoms with E-state index in [9.17, 15) is 0 Å². The normalized spacial score (nSPS) is 24.1. The molecule has 2 aliphatic rings. The molecule has 2 heteroatoms. The monoisotopic (exact) mass is 335 g/mol. The molecular weight excluding hydrogens is 310 g/mol. The van der Waals surface area contributed by atoms with Crippen LogP contribution in [0.5, 0.6) is 0 Å². The van der Waals surface area contributed by atoms with Gasteiger partial charge in [-0.1, -0.05) is 47.0 Å². The maximum absolute atomic E-state index is 3.85. The molecule has 0 unspecified atom stereocenters. The zero-order chi connectivity index (χ0) is 14.0. The molecule has 0 heterocycles. The molecule has 2 saturated carbocycles. The Labute approximate surface area is 131 Å². The molecule has 0 bridgehead atoms. The van der Waals surface area contributed by atoms with Gasteiger partial charge in [0, 0.05) is 16.6 Å². The van der Waals surface area contributed by atoms with Crippen LogP contribution in [0.1, 0.15) is 69.9 Å². The Morgan fingerprint density at radius 1 is 1.10 bits per heavy atom. The van der Waals surface area contributed by atoms with Crippen LogP contribution in [0.3, 0.4) is 0 Å². The van der Waals surface area contributed by atoms with Crippen molar-refractivity contribution in [3.8, 4) is 0 Å². The van der Waals surface area contributed by atoms with Gasteiger partial charge in [0.15, 0.2) is 0 Å². The Morgan fingerprint density at radius 3 is 2.40 bits per heavy atom. The summed E-state index contributed by atoms with van der Waals surface area (Å²) in [6, 6.07) is 9.74. The van der Waals surface area contributed by atoms with Crippen LogP contribution in [0.15, 0.2) is 28.7 Å². The first-order chi connectivity index (χ1) is 9.69. The molecule has 110 valence electrons. The zero-order valence-corrected chi connectivity index (χ0v) is 14.1. The van der Waals surface area contributed by atoms with E-state index in [1.807, 2.05) is 0 Å². The molecule has 0 aliphatic heterocycles. The highest BCUT2D eigenvalue weighted by Crippen LogP contribution is 2.49. The molecule has 0 radical (unpaired) electrons. The average Bonchev–Trinajstić information content (AvgIpc) is 2.90. The summed E-state index contributed by atoms with van der Waals surface area (Å²) < 4.78 is 1.23. The second-order valence-corrected chi connectivity index (χ2v) is 7.75. The van der Waals surface area contributed by atoms with Gasteiger partial charge in [-0.25, -0.2) is 0 Å². The van der Waals surface area contributed by atoms with Crippen molar-refractivity contribution in [3.63, 3.8) is 0 Å². The summed E-state index contributed by atoms with van der Waals surface area (Å²) >= 11 is 3.67. The van der Waals surface area contributed by atoms with Crippen molar-refractivity contribution in [3.05, 3.63) is 34.3 Å². The first kappa shape index (κ1) is 14.6. The van der Waals surface area contributed by atoms with E-state index in [-0.39, 0.29) is 0 Å². The van der Waals surface area contributed by atoms with Gasteiger partial charge < -0.3 is 5.32 Å². The van der Waals surface area contributed by atoms with Gasteiger partial charge >= 0.3 is 0 Å². The number of rotatable bonds is 3. The van der Waals surface area contributed by atoms with Gasteiger partial charge in [0.2, 0.25) is 0 Å². The second kappa shape index (κ2) is 6.19. The maximum Gasteiger partial charge on any atom is 0.0305 e. The van der Waals surface area contributed by atoms with Gasteiger partial charge in [0.25, 0.3) is 0 Å². The number of halogens is 1. The number of benzene rings is 1. The van der Waals surface area contributed by atoms with E-state index in [0.29, 0.717) is 12.1 Å². The number of hydrogen-bond donors (Lipinski definition) is 1. The van der Waals surface area contributed by atoms with E-state index in [2.05, 4.69) is 52.4 Å². The van der Waals surface area contributed by atoms with Crippen LogP contribution in [-0.4, -0.2) is 6.04 Å². The van der Waals surface area contributed by atoms with Crippen LogP contribution in [0, 0.1) is 5.41 Å². The smallest absolute Gasteiger partial charge is 0.0305 e. The number of nitrogens with one attached hydrogen (secondary N) is 1. The molecule has 2 aliphatic carbocycles. The SMILES string of the molecule is C[C@H](NC1CCC2(CCCC2)CC1)c1ccccc1Br. The Balaban J connectivity index is 1.56. The summed E-state index contributed by atoms with van der Waals surface area (Å²) in [7, 11) is 0. The molecular formula is C18H26BrN. The van der Waals surface area contributed by atoms with Gasteiger partial charge in [-0.15, -0.1) is 0 Å². The Kier molecular flexibility index (Phi) is 4.52. The average molecular weight is 336 g/mol. The van der Waals surface area contributed by atoms with E-state index in [1.165, 1.54) is 61.4 Å². The summed E-state index contributed by atoms with van der Waals surface area (Å²) in [4.78, 5) is 0. The summed E-state index contributed by atoms with van der Waals surface area (Å²) in [5.74, 6) is 0. The Bertz CT molecular complexity index is 440. The van der Waals surface area contributed by atoms with Crippen LogP contribution in [0.4, 0.5) is 0 Å². The highest BCUT2D eigenvalue weighted by Gasteiger charge is 2.37. The van der Waals surface area contributed by atoms with Crippen molar-refractivity contribution in [2.24, 2.45) is 5.41 Å². The van der Waals surface area contributed by atoms with Crippen LogP contribution in [-0.2, 0) is 0 Å². The lowest BCUT2D eigenvalue weighted by atomic mass is 9.71. The third-order valence-electron chi connectivity index (χ3n) is 5.57. The van der Waals surface area contributed by atoms with Crippen LogP contribution < -0.4 is 5.32 Å². The first-order valence-corrected chi connectivity index (χ1v) is 8.98. The standard InChI is InChI=1S/C18H26BrN/c1-14(16-6-2-3-7-17(16)19)20-15-8-12-18(13-9-15)10-4-5-11-18/h2-3,6-7,14-15,20H,4-5,8-13H2,1H3/t14-/m0/s1. The summed E-state index contributed by atoms with van der Waals surface area (Å²) in [6.45, 7) is 2.29. The van der Waals surface area contributed by atoms with Crippen LogP contribution >= 0.6 is 15.9 Å². The molecule has 0 saturated heterocycles. The van der Waals surface area contributed by atoms with Crippen molar-refractivity contribution in [1.82, 2.24) is 5.32 Å². The summed E-state index contributed by atoms with van der Waals surface area (Å²) in [5, 5.41) is 3.85. The fourth-order valence-corrected chi connectivity index (χ4v) is 4.92. The van der Waals surface area contributed by atoms with Gasteiger partial charge in [0.1, 0.15) is 0 Å². The van der Waals surface area contributed by atoms with Crippen LogP contribution in [0.2, 0.25) is 0 Å². The molecule has 1 atom stereocenters. The second-order valence-electron chi connectivity index (χ2n) is 6.89. The van der Waals surface area contributed by atoms with Gasteiger partial charge in [-0.05, 0) is 62.5 Å². The predicted molar refractivity (Wildman–Crippen MR) is 88.8 cm³/mol. The van der Waals surface area contributed by atoms with Crippen LogP contribution in [0.25, 0.3) is 0 Å². The topological polar surface area (TPSA) is 12.0 Å². The molecule has 2 fully saturated rings. The molecule has 1 nitrogen and oxygen atoms in total. The lowest BCUT2D eigenvalue weighted by Gasteiger charge is -2.38. The third kappa shape index (κ3) is 3.12. The molecule has 1 aromatic rings. The highest BCUT2D eigenvalue weighted by molar-refractivity contribution is 9.10. The summed E-state index contributed by atoms with van der Waals surface area (Å²) in [5.41, 5.74) is 2.13. The summed E-state index contributed by atoms with van der Waals surface area (Å²) in [6.07, 6.45) is 11.6. The van der Waals surface area contributed by atoms with E-state index in [0.717, 1.165) is 5.41 Å². The molecule has 1 N–H and O–H groups in total. The molecule has 20 heavy (non-hydrogen) atoms. The van der Waals surface area contributed by atoms with E-state index in [1.54, 1.807) is 0 Å². The van der Waals surface area contributed by atoms with Crippen molar-refractivity contribution >= 4 is 15.9 Å². The van der Waals surface area contributed by atoms with Gasteiger partial charge in [0.05, 0.1) is 0 Å². The Hall–Kier alpha value is -0.340. The maximum atomic E-state index is 3.85. The lowest BCUT2D eigenvalue weighted by Crippen LogP contribution is -2.38. The minimum atomic E-state index is 0.438. The van der Waals surface area contributed by atoms with Crippen molar-refractivity contribution in [2.45, 2.75) is 70.4 Å². The molecule has 0 amide bonds. The minimum Gasteiger partial charge on any atom is -0.307 e. The Morgan fingerprint density at radius 2 is 1.75 bits per heavy atom. The van der Waals surface area contributed by atoms with Crippen molar-refractivity contribution < 1.29 is 0 Å². The molecule has 1 aromatic carbocycles. The van der Waals surface area contributed by atoms with Gasteiger partial charge in [-0.2, -0.15) is 0 Å². The predicted octanol–water partition coefficient (Wildman–Crippen LogP) is 5.60. The quantitative estimate of drug-likeness (QED) is 0.757. The third-order valence-corrected chi connectivity index (χ3v) is 6.29. The van der Waals surface area contributed by atoms with Crippen molar-refractivity contribution in [1.29, 1.82) is 0 Å². The molecule has 1 spiro atoms. The number of hydrogen-bond acceptors (Lipinski definition) is 1. The van der Waals surface area contributed by atoms with Gasteiger partial charge in [-0.3, -0.25) is 0 Å². The molecule has 3 rings (SSSR count). The fraction of sp³-hybridized carbons (Fsp3) is 0.667. The van der Waals surface area contributed by atoms with E-state index < -0.39 is 0 Å². The molecule has 0 aromatic heterocycles. The zero-order valence-electron chi connectivity index (χ0n) is 12.5.